The molecule has 0 aliphatic carbocycles. The minimum atomic E-state index is -1.07. The zero-order valence-corrected chi connectivity index (χ0v) is 15.1. The van der Waals surface area contributed by atoms with Gasteiger partial charge in [0.05, 0.1) is 17.6 Å². The largest absolute Gasteiger partial charge is 0.343 e. The number of benzene rings is 3. The number of amides is 2. The van der Waals surface area contributed by atoms with Crippen LogP contribution in [0.5, 0.6) is 0 Å². The van der Waals surface area contributed by atoms with Crippen LogP contribution >= 0.6 is 0 Å². The third-order valence-electron chi connectivity index (χ3n) is 4.47. The van der Waals surface area contributed by atoms with E-state index in [1.165, 1.54) is 6.07 Å². The van der Waals surface area contributed by atoms with E-state index >= 15 is 0 Å². The van der Waals surface area contributed by atoms with E-state index < -0.39 is 23.4 Å². The number of aromatic nitrogens is 1. The van der Waals surface area contributed by atoms with Gasteiger partial charge in [0, 0.05) is 23.3 Å². The lowest BCUT2D eigenvalue weighted by Crippen LogP contribution is -2.33. The SMILES string of the molecule is O=C(CNC(=O)c1cc2ccccc2c2cccnc12)Nc1ccc(F)c(F)c1. The van der Waals surface area contributed by atoms with Gasteiger partial charge in [-0.25, -0.2) is 8.78 Å². The smallest absolute Gasteiger partial charge is 0.253 e. The normalized spacial score (nSPS) is 10.8. The van der Waals surface area contributed by atoms with Crippen molar-refractivity contribution in [3.05, 3.63) is 84.1 Å². The maximum absolute atomic E-state index is 13.2. The van der Waals surface area contributed by atoms with E-state index in [-0.39, 0.29) is 12.2 Å². The summed E-state index contributed by atoms with van der Waals surface area (Å²) < 4.78 is 26.2. The average Bonchev–Trinajstić information content (AvgIpc) is 2.74. The van der Waals surface area contributed by atoms with Crippen LogP contribution in [0.3, 0.4) is 0 Å². The van der Waals surface area contributed by atoms with Crippen molar-refractivity contribution in [2.75, 3.05) is 11.9 Å². The molecule has 0 saturated carbocycles. The second-order valence-electron chi connectivity index (χ2n) is 6.40. The molecule has 2 amide bonds. The number of fused-ring (bicyclic) bond motifs is 3. The monoisotopic (exact) mass is 391 g/mol. The predicted molar refractivity (Wildman–Crippen MR) is 107 cm³/mol. The summed E-state index contributed by atoms with van der Waals surface area (Å²) in [7, 11) is 0. The van der Waals surface area contributed by atoms with Gasteiger partial charge in [0.25, 0.3) is 5.91 Å². The zero-order valence-electron chi connectivity index (χ0n) is 15.1. The molecule has 3 aromatic carbocycles. The Morgan fingerprint density at radius 1 is 0.897 bits per heavy atom. The Labute approximate surface area is 164 Å². The molecule has 144 valence electrons. The lowest BCUT2D eigenvalue weighted by molar-refractivity contribution is -0.115. The Hall–Kier alpha value is -3.87. The zero-order chi connectivity index (χ0) is 20.4. The molecule has 0 bridgehead atoms. The van der Waals surface area contributed by atoms with Crippen molar-refractivity contribution in [2.24, 2.45) is 0 Å². The summed E-state index contributed by atoms with van der Waals surface area (Å²) in [4.78, 5) is 29.1. The molecule has 0 fully saturated rings. The fraction of sp³-hybridized carbons (Fsp3) is 0.0455. The number of pyridine rings is 1. The quantitative estimate of drug-likeness (QED) is 0.516. The molecule has 0 atom stereocenters. The van der Waals surface area contributed by atoms with Crippen LogP contribution in [-0.4, -0.2) is 23.3 Å². The molecule has 1 heterocycles. The summed E-state index contributed by atoms with van der Waals surface area (Å²) in [6.07, 6.45) is 1.60. The van der Waals surface area contributed by atoms with E-state index in [1.54, 1.807) is 18.3 Å². The standard InChI is InChI=1S/C22H15F2N3O2/c23-18-8-7-14(11-19(18)24)27-20(28)12-26-22(29)17-10-13-4-1-2-5-15(13)16-6-3-9-25-21(16)17/h1-11H,12H2,(H,26,29)(H,27,28). The molecule has 7 heteroatoms. The van der Waals surface area contributed by atoms with E-state index in [9.17, 15) is 18.4 Å². The summed E-state index contributed by atoms with van der Waals surface area (Å²) in [6.45, 7) is -0.334. The number of anilines is 1. The number of hydrogen-bond donors (Lipinski definition) is 2. The fourth-order valence-corrected chi connectivity index (χ4v) is 3.14. The van der Waals surface area contributed by atoms with Crippen molar-refractivity contribution in [1.82, 2.24) is 10.3 Å². The molecule has 0 radical (unpaired) electrons. The Morgan fingerprint density at radius 2 is 1.69 bits per heavy atom. The van der Waals surface area contributed by atoms with Crippen LogP contribution < -0.4 is 10.6 Å². The Balaban J connectivity index is 1.54. The molecule has 0 aliphatic rings. The van der Waals surface area contributed by atoms with Gasteiger partial charge in [-0.2, -0.15) is 0 Å². The first-order valence-electron chi connectivity index (χ1n) is 8.82. The number of nitrogens with one attached hydrogen (secondary N) is 2. The molecule has 0 saturated heterocycles. The molecule has 0 spiro atoms. The Bertz CT molecular complexity index is 1260. The van der Waals surface area contributed by atoms with Crippen LogP contribution in [0.25, 0.3) is 21.7 Å². The van der Waals surface area contributed by atoms with E-state index in [4.69, 9.17) is 0 Å². The Kier molecular flexibility index (Phi) is 4.87. The topological polar surface area (TPSA) is 71.1 Å². The first kappa shape index (κ1) is 18.5. The number of hydrogen-bond acceptors (Lipinski definition) is 3. The van der Waals surface area contributed by atoms with Crippen LogP contribution in [0.1, 0.15) is 10.4 Å². The Morgan fingerprint density at radius 3 is 2.52 bits per heavy atom. The van der Waals surface area contributed by atoms with Crippen molar-refractivity contribution in [1.29, 1.82) is 0 Å². The van der Waals surface area contributed by atoms with Crippen molar-refractivity contribution in [3.8, 4) is 0 Å². The van der Waals surface area contributed by atoms with Gasteiger partial charge in [0.2, 0.25) is 5.91 Å². The van der Waals surface area contributed by atoms with Crippen LogP contribution in [0.2, 0.25) is 0 Å². The molecule has 5 nitrogen and oxygen atoms in total. The molecule has 2 N–H and O–H groups in total. The van der Waals surface area contributed by atoms with Crippen LogP contribution in [-0.2, 0) is 4.79 Å². The maximum atomic E-state index is 13.2. The third kappa shape index (κ3) is 3.75. The third-order valence-corrected chi connectivity index (χ3v) is 4.47. The summed E-state index contributed by atoms with van der Waals surface area (Å²) in [5.74, 6) is -3.10. The van der Waals surface area contributed by atoms with Gasteiger partial charge in [-0.3, -0.25) is 14.6 Å². The molecular weight excluding hydrogens is 376 g/mol. The van der Waals surface area contributed by atoms with Gasteiger partial charge in [-0.1, -0.05) is 30.3 Å². The predicted octanol–water partition coefficient (Wildman–Crippen LogP) is 4.03. The molecule has 1 aromatic heterocycles. The van der Waals surface area contributed by atoms with E-state index in [1.807, 2.05) is 30.3 Å². The first-order chi connectivity index (χ1) is 14.0. The van der Waals surface area contributed by atoms with Gasteiger partial charge >= 0.3 is 0 Å². The number of rotatable bonds is 4. The van der Waals surface area contributed by atoms with Crippen molar-refractivity contribution in [2.45, 2.75) is 0 Å². The second kappa shape index (κ2) is 7.63. The van der Waals surface area contributed by atoms with Crippen molar-refractivity contribution < 1.29 is 18.4 Å². The maximum Gasteiger partial charge on any atom is 0.253 e. The molecule has 0 unspecified atom stereocenters. The lowest BCUT2D eigenvalue weighted by atomic mass is 10.0. The van der Waals surface area contributed by atoms with Gasteiger partial charge in [0.15, 0.2) is 11.6 Å². The van der Waals surface area contributed by atoms with Crippen LogP contribution in [0.15, 0.2) is 66.9 Å². The fourth-order valence-electron chi connectivity index (χ4n) is 3.14. The van der Waals surface area contributed by atoms with Crippen LogP contribution in [0.4, 0.5) is 14.5 Å². The summed E-state index contributed by atoms with van der Waals surface area (Å²) in [5.41, 5.74) is 0.977. The molecule has 4 aromatic rings. The van der Waals surface area contributed by atoms with E-state index in [0.717, 1.165) is 28.3 Å². The molecule has 4 rings (SSSR count). The average molecular weight is 391 g/mol. The minimum Gasteiger partial charge on any atom is -0.343 e. The summed E-state index contributed by atoms with van der Waals surface area (Å²) in [6, 6.07) is 16.1. The number of carbonyl (C=O) groups excluding carboxylic acids is 2. The van der Waals surface area contributed by atoms with Gasteiger partial charge in [-0.15, -0.1) is 0 Å². The van der Waals surface area contributed by atoms with Gasteiger partial charge in [0.1, 0.15) is 0 Å². The lowest BCUT2D eigenvalue weighted by Gasteiger charge is -2.11. The summed E-state index contributed by atoms with van der Waals surface area (Å²) >= 11 is 0. The van der Waals surface area contributed by atoms with Gasteiger partial charge in [-0.05, 0) is 35.0 Å². The highest BCUT2D eigenvalue weighted by atomic mass is 19.2. The molecule has 29 heavy (non-hydrogen) atoms. The first-order valence-corrected chi connectivity index (χ1v) is 8.82. The van der Waals surface area contributed by atoms with E-state index in [2.05, 4.69) is 15.6 Å². The van der Waals surface area contributed by atoms with Gasteiger partial charge < -0.3 is 10.6 Å². The number of nitrogens with zero attached hydrogens (tertiary/aromatic N) is 1. The minimum absolute atomic E-state index is 0.0981. The second-order valence-corrected chi connectivity index (χ2v) is 6.40. The van der Waals surface area contributed by atoms with Crippen molar-refractivity contribution >= 4 is 39.2 Å². The van der Waals surface area contributed by atoms with Crippen LogP contribution in [0, 0.1) is 11.6 Å². The molecular formula is C22H15F2N3O2. The van der Waals surface area contributed by atoms with Crippen molar-refractivity contribution in [3.63, 3.8) is 0 Å². The highest BCUT2D eigenvalue weighted by molar-refractivity contribution is 6.16. The van der Waals surface area contributed by atoms with E-state index in [0.29, 0.717) is 11.1 Å². The molecule has 0 aliphatic heterocycles. The highest BCUT2D eigenvalue weighted by Crippen LogP contribution is 2.27. The number of carbonyl (C=O) groups is 2. The highest BCUT2D eigenvalue weighted by Gasteiger charge is 2.15. The number of halogens is 2. The summed E-state index contributed by atoms with van der Waals surface area (Å²) in [5, 5.41) is 7.64.